The third-order valence-electron chi connectivity index (χ3n) is 2.75. The molecule has 2 aromatic carbocycles. The quantitative estimate of drug-likeness (QED) is 0.879. The molecule has 0 fully saturated rings. The van der Waals surface area contributed by atoms with Crippen LogP contribution in [0, 0.1) is 11.6 Å². The molecule has 0 amide bonds. The van der Waals surface area contributed by atoms with E-state index in [1.807, 2.05) is 0 Å². The lowest BCUT2D eigenvalue weighted by Gasteiger charge is -2.19. The van der Waals surface area contributed by atoms with E-state index in [0.29, 0.717) is 0 Å². The van der Waals surface area contributed by atoms with Gasteiger partial charge in [0.1, 0.15) is 23.8 Å². The van der Waals surface area contributed by atoms with Gasteiger partial charge in [-0.15, -0.1) is 0 Å². The predicted molar refractivity (Wildman–Crippen MR) is 62.7 cm³/mol. The number of aliphatic hydroxyl groups is 2. The standard InChI is InChI=1S/C14H12F2O2/c15-11-7-3-1-5-9(11)13(17)14(18)10-6-2-4-8-12(10)16/h1-8,13-14,17-18H/t13-,14-/m0/s1. The van der Waals surface area contributed by atoms with Gasteiger partial charge in [-0.2, -0.15) is 0 Å². The Labute approximate surface area is 103 Å². The summed E-state index contributed by atoms with van der Waals surface area (Å²) in [5.41, 5.74) is -0.124. The van der Waals surface area contributed by atoms with Gasteiger partial charge in [0.15, 0.2) is 0 Å². The van der Waals surface area contributed by atoms with Crippen molar-refractivity contribution in [2.24, 2.45) is 0 Å². The lowest BCUT2D eigenvalue weighted by atomic mass is 9.97. The molecule has 0 spiro atoms. The van der Waals surface area contributed by atoms with Gasteiger partial charge in [0.05, 0.1) is 0 Å². The van der Waals surface area contributed by atoms with Crippen LogP contribution in [-0.2, 0) is 0 Å². The highest BCUT2D eigenvalue weighted by atomic mass is 19.1. The minimum atomic E-state index is -1.51. The van der Waals surface area contributed by atoms with Crippen molar-refractivity contribution < 1.29 is 19.0 Å². The van der Waals surface area contributed by atoms with Crippen LogP contribution in [0.25, 0.3) is 0 Å². The third kappa shape index (κ3) is 2.39. The van der Waals surface area contributed by atoms with Crippen LogP contribution in [0.1, 0.15) is 23.3 Å². The number of hydrogen-bond donors (Lipinski definition) is 2. The van der Waals surface area contributed by atoms with E-state index in [0.717, 1.165) is 0 Å². The zero-order chi connectivity index (χ0) is 13.1. The van der Waals surface area contributed by atoms with E-state index >= 15 is 0 Å². The van der Waals surface area contributed by atoms with Crippen LogP contribution < -0.4 is 0 Å². The fourth-order valence-electron chi connectivity index (χ4n) is 1.77. The highest BCUT2D eigenvalue weighted by Crippen LogP contribution is 2.31. The maximum atomic E-state index is 13.5. The van der Waals surface area contributed by atoms with Crippen molar-refractivity contribution in [2.45, 2.75) is 12.2 Å². The number of benzene rings is 2. The molecule has 0 heterocycles. The largest absolute Gasteiger partial charge is 0.385 e. The molecule has 0 aliphatic heterocycles. The Morgan fingerprint density at radius 2 is 1.00 bits per heavy atom. The van der Waals surface area contributed by atoms with E-state index < -0.39 is 23.8 Å². The van der Waals surface area contributed by atoms with Crippen LogP contribution in [0.4, 0.5) is 8.78 Å². The summed E-state index contributed by atoms with van der Waals surface area (Å²) < 4.78 is 26.9. The highest BCUT2D eigenvalue weighted by Gasteiger charge is 2.24. The Morgan fingerprint density at radius 1 is 0.667 bits per heavy atom. The Hall–Kier alpha value is -1.78. The predicted octanol–water partition coefficient (Wildman–Crippen LogP) is 2.73. The molecule has 2 nitrogen and oxygen atoms in total. The first kappa shape index (κ1) is 12.7. The summed E-state index contributed by atoms with van der Waals surface area (Å²) in [6, 6.07) is 11.1. The van der Waals surface area contributed by atoms with Crippen LogP contribution in [-0.4, -0.2) is 10.2 Å². The van der Waals surface area contributed by atoms with Gasteiger partial charge in [-0.05, 0) is 12.1 Å². The van der Waals surface area contributed by atoms with E-state index in [9.17, 15) is 19.0 Å². The lowest BCUT2D eigenvalue weighted by molar-refractivity contribution is 0.0130. The van der Waals surface area contributed by atoms with Crippen molar-refractivity contribution in [3.63, 3.8) is 0 Å². The van der Waals surface area contributed by atoms with E-state index in [2.05, 4.69) is 0 Å². The average molecular weight is 250 g/mol. The van der Waals surface area contributed by atoms with Gasteiger partial charge in [-0.1, -0.05) is 36.4 Å². The topological polar surface area (TPSA) is 40.5 Å². The molecular formula is C14H12F2O2. The molecule has 0 radical (unpaired) electrons. The molecule has 0 bridgehead atoms. The molecule has 4 heteroatoms. The fourth-order valence-corrected chi connectivity index (χ4v) is 1.77. The number of hydrogen-bond acceptors (Lipinski definition) is 2. The molecule has 0 aliphatic rings. The van der Waals surface area contributed by atoms with Crippen LogP contribution >= 0.6 is 0 Å². The molecule has 94 valence electrons. The van der Waals surface area contributed by atoms with Crippen LogP contribution in [0.2, 0.25) is 0 Å². The summed E-state index contributed by atoms with van der Waals surface area (Å²) >= 11 is 0. The molecule has 0 saturated carbocycles. The SMILES string of the molecule is O[C@@H](c1ccccc1F)[C@@H](O)c1ccccc1F. The molecule has 2 aromatic rings. The van der Waals surface area contributed by atoms with Gasteiger partial charge in [0.25, 0.3) is 0 Å². The second-order valence-electron chi connectivity index (χ2n) is 3.93. The number of halogens is 2. The van der Waals surface area contributed by atoms with Crippen molar-refractivity contribution in [2.75, 3.05) is 0 Å². The van der Waals surface area contributed by atoms with Gasteiger partial charge in [0, 0.05) is 11.1 Å². The minimum absolute atomic E-state index is 0.0618. The Morgan fingerprint density at radius 3 is 1.33 bits per heavy atom. The normalized spacial score (nSPS) is 14.2. The summed E-state index contributed by atoms with van der Waals surface area (Å²) in [5.74, 6) is -1.28. The number of rotatable bonds is 3. The molecule has 0 aliphatic carbocycles. The molecular weight excluding hydrogens is 238 g/mol. The highest BCUT2D eigenvalue weighted by molar-refractivity contribution is 5.26. The van der Waals surface area contributed by atoms with Gasteiger partial charge < -0.3 is 10.2 Å². The first-order valence-corrected chi connectivity index (χ1v) is 5.46. The lowest BCUT2D eigenvalue weighted by Crippen LogP contribution is -2.13. The summed E-state index contributed by atoms with van der Waals surface area (Å²) in [5, 5.41) is 19.8. The smallest absolute Gasteiger partial charge is 0.129 e. The summed E-state index contributed by atoms with van der Waals surface area (Å²) in [6.07, 6.45) is -3.02. The van der Waals surface area contributed by atoms with Crippen LogP contribution in [0.5, 0.6) is 0 Å². The molecule has 0 aromatic heterocycles. The first-order valence-electron chi connectivity index (χ1n) is 5.46. The van der Waals surface area contributed by atoms with Crippen molar-refractivity contribution in [3.8, 4) is 0 Å². The maximum Gasteiger partial charge on any atom is 0.129 e. The second-order valence-corrected chi connectivity index (χ2v) is 3.93. The summed E-state index contributed by atoms with van der Waals surface area (Å²) in [6.45, 7) is 0. The van der Waals surface area contributed by atoms with Crippen LogP contribution in [0.3, 0.4) is 0 Å². The van der Waals surface area contributed by atoms with Crippen molar-refractivity contribution in [1.82, 2.24) is 0 Å². The van der Waals surface area contributed by atoms with Crippen molar-refractivity contribution >= 4 is 0 Å². The molecule has 18 heavy (non-hydrogen) atoms. The van der Waals surface area contributed by atoms with Crippen molar-refractivity contribution in [1.29, 1.82) is 0 Å². The fraction of sp³-hybridized carbons (Fsp3) is 0.143. The molecule has 2 N–H and O–H groups in total. The first-order chi connectivity index (χ1) is 8.61. The second kappa shape index (κ2) is 5.25. The Kier molecular flexibility index (Phi) is 3.69. The monoisotopic (exact) mass is 250 g/mol. The summed E-state index contributed by atoms with van der Waals surface area (Å²) in [7, 11) is 0. The zero-order valence-corrected chi connectivity index (χ0v) is 9.42. The molecule has 0 unspecified atom stereocenters. The molecule has 0 saturated heterocycles. The minimum Gasteiger partial charge on any atom is -0.385 e. The average Bonchev–Trinajstić information content (AvgIpc) is 2.38. The van der Waals surface area contributed by atoms with E-state index in [1.165, 1.54) is 48.5 Å². The summed E-state index contributed by atoms with van der Waals surface area (Å²) in [4.78, 5) is 0. The van der Waals surface area contributed by atoms with Gasteiger partial charge >= 0.3 is 0 Å². The Balaban J connectivity index is 2.33. The molecule has 2 rings (SSSR count). The van der Waals surface area contributed by atoms with E-state index in [4.69, 9.17) is 0 Å². The van der Waals surface area contributed by atoms with E-state index in [-0.39, 0.29) is 11.1 Å². The van der Waals surface area contributed by atoms with Crippen molar-refractivity contribution in [3.05, 3.63) is 71.3 Å². The Bertz CT molecular complexity index is 493. The number of aliphatic hydroxyl groups excluding tert-OH is 2. The van der Waals surface area contributed by atoms with E-state index in [1.54, 1.807) is 0 Å². The molecule has 2 atom stereocenters. The zero-order valence-electron chi connectivity index (χ0n) is 9.42. The van der Waals surface area contributed by atoms with Gasteiger partial charge in [-0.3, -0.25) is 0 Å². The maximum absolute atomic E-state index is 13.5. The third-order valence-corrected chi connectivity index (χ3v) is 2.75. The van der Waals surface area contributed by atoms with Crippen LogP contribution in [0.15, 0.2) is 48.5 Å². The van der Waals surface area contributed by atoms with Gasteiger partial charge in [-0.25, -0.2) is 8.78 Å². The van der Waals surface area contributed by atoms with Gasteiger partial charge in [0.2, 0.25) is 0 Å².